The number of aliphatic hydroxyl groups is 1. The van der Waals surface area contributed by atoms with E-state index in [0.717, 1.165) is 30.1 Å². The highest BCUT2D eigenvalue weighted by molar-refractivity contribution is 5.21. The summed E-state index contributed by atoms with van der Waals surface area (Å²) in [5.41, 5.74) is 3.38. The summed E-state index contributed by atoms with van der Waals surface area (Å²) in [5.74, 6) is 3.98. The van der Waals surface area contributed by atoms with Crippen molar-refractivity contribution in [2.75, 3.05) is 0 Å². The summed E-state index contributed by atoms with van der Waals surface area (Å²) in [6, 6.07) is 0. The molecule has 1 heteroatoms. The lowest BCUT2D eigenvalue weighted by Gasteiger charge is -2.73. The van der Waals surface area contributed by atoms with Gasteiger partial charge in [-0.1, -0.05) is 53.7 Å². The Morgan fingerprint density at radius 2 is 1.45 bits per heavy atom. The van der Waals surface area contributed by atoms with Gasteiger partial charge in [0.1, 0.15) is 0 Å². The van der Waals surface area contributed by atoms with Crippen molar-refractivity contribution >= 4 is 0 Å². The lowest BCUT2D eigenvalue weighted by molar-refractivity contribution is -0.246. The van der Waals surface area contributed by atoms with Crippen LogP contribution in [0.2, 0.25) is 0 Å². The Labute approximate surface area is 192 Å². The van der Waals surface area contributed by atoms with E-state index in [4.69, 9.17) is 0 Å². The number of hydrogen-bond donors (Lipinski definition) is 1. The summed E-state index contributed by atoms with van der Waals surface area (Å²) < 4.78 is 0. The van der Waals surface area contributed by atoms with E-state index in [9.17, 15) is 5.11 Å². The fourth-order valence-electron chi connectivity index (χ4n) is 11.5. The van der Waals surface area contributed by atoms with Crippen LogP contribution in [0, 0.1) is 56.7 Å². The van der Waals surface area contributed by atoms with Crippen LogP contribution in [-0.2, 0) is 0 Å². The van der Waals surface area contributed by atoms with Gasteiger partial charge in [-0.15, -0.1) is 0 Å². The first-order valence-electron chi connectivity index (χ1n) is 13.6. The topological polar surface area (TPSA) is 20.2 Å². The van der Waals surface area contributed by atoms with Gasteiger partial charge in [-0.2, -0.15) is 0 Å². The van der Waals surface area contributed by atoms with Crippen LogP contribution in [0.5, 0.6) is 0 Å². The quantitative estimate of drug-likeness (QED) is 0.421. The summed E-state index contributed by atoms with van der Waals surface area (Å²) >= 11 is 0. The fourth-order valence-corrected chi connectivity index (χ4v) is 11.5. The first kappa shape index (κ1) is 22.5. The summed E-state index contributed by atoms with van der Waals surface area (Å²) in [5, 5.41) is 10.9. The molecule has 0 bridgehead atoms. The van der Waals surface area contributed by atoms with E-state index in [1.807, 2.05) is 0 Å². The van der Waals surface area contributed by atoms with Crippen molar-refractivity contribution in [2.24, 2.45) is 56.7 Å². The van der Waals surface area contributed by atoms with Crippen LogP contribution in [0.1, 0.15) is 113 Å². The van der Waals surface area contributed by atoms with Gasteiger partial charge in [0.2, 0.25) is 0 Å². The minimum Gasteiger partial charge on any atom is -0.393 e. The zero-order chi connectivity index (χ0) is 22.6. The molecule has 0 aliphatic heterocycles. The Hall–Kier alpha value is -0.300. The normalized spacial score (nSPS) is 57.9. The average Bonchev–Trinajstić information content (AvgIpc) is 3.04. The minimum absolute atomic E-state index is 0.0632. The highest BCUT2D eigenvalue weighted by Gasteiger charge is 2.70. The van der Waals surface area contributed by atoms with Crippen molar-refractivity contribution in [3.05, 3.63) is 12.2 Å². The van der Waals surface area contributed by atoms with Crippen LogP contribution in [0.15, 0.2) is 12.2 Å². The molecule has 1 nitrogen and oxygen atoms in total. The van der Waals surface area contributed by atoms with Crippen molar-refractivity contribution in [1.29, 1.82) is 0 Å². The third kappa shape index (κ3) is 2.65. The van der Waals surface area contributed by atoms with Crippen LogP contribution in [0.25, 0.3) is 0 Å². The Balaban J connectivity index is 1.54. The van der Waals surface area contributed by atoms with Crippen molar-refractivity contribution in [3.63, 3.8) is 0 Å². The Morgan fingerprint density at radius 1 is 0.742 bits per heavy atom. The third-order valence-corrected chi connectivity index (χ3v) is 13.5. The zero-order valence-electron chi connectivity index (χ0n) is 21.7. The standard InChI is InChI=1S/C30H50O/c1-19(2)20-11-14-27(5)17-18-29(7)21(25(20)27)9-10-23-28(6)15-13-24(31)26(3,4)22(28)12-16-30(23,29)8/h20-25,31H,1,9-18H2,2-8H3/t20-,21+,22+,23+,24-,25+,27+,28+,29+,30+/m0/s1. The first-order valence-corrected chi connectivity index (χ1v) is 13.6. The highest BCUT2D eigenvalue weighted by atomic mass is 16.3. The number of allylic oxidation sites excluding steroid dienone is 1. The largest absolute Gasteiger partial charge is 0.393 e. The van der Waals surface area contributed by atoms with Crippen molar-refractivity contribution in [3.8, 4) is 0 Å². The predicted octanol–water partition coefficient (Wildman–Crippen LogP) is 8.02. The van der Waals surface area contributed by atoms with Crippen molar-refractivity contribution in [2.45, 2.75) is 119 Å². The molecule has 0 spiro atoms. The third-order valence-electron chi connectivity index (χ3n) is 13.5. The number of aliphatic hydroxyl groups excluding tert-OH is 1. The van der Waals surface area contributed by atoms with Crippen molar-refractivity contribution in [1.82, 2.24) is 0 Å². The van der Waals surface area contributed by atoms with E-state index in [1.165, 1.54) is 63.4 Å². The summed E-state index contributed by atoms with van der Waals surface area (Å²) in [6.45, 7) is 22.3. The second-order valence-corrected chi connectivity index (χ2v) is 14.7. The van der Waals surface area contributed by atoms with E-state index in [-0.39, 0.29) is 11.5 Å². The van der Waals surface area contributed by atoms with Crippen molar-refractivity contribution < 1.29 is 5.11 Å². The first-order chi connectivity index (χ1) is 14.3. The van der Waals surface area contributed by atoms with E-state index in [1.54, 1.807) is 0 Å². The highest BCUT2D eigenvalue weighted by Crippen LogP contribution is 2.77. The molecular formula is C30H50O. The number of hydrogen-bond acceptors (Lipinski definition) is 1. The van der Waals surface area contributed by atoms with Gasteiger partial charge in [0.05, 0.1) is 6.10 Å². The van der Waals surface area contributed by atoms with Gasteiger partial charge in [0.15, 0.2) is 0 Å². The molecule has 0 radical (unpaired) electrons. The van der Waals surface area contributed by atoms with Crippen LogP contribution >= 0.6 is 0 Å². The molecule has 0 aromatic rings. The van der Waals surface area contributed by atoms with E-state index < -0.39 is 0 Å². The molecule has 0 saturated heterocycles. The lowest BCUT2D eigenvalue weighted by atomic mass is 9.32. The second kappa shape index (κ2) is 6.64. The van der Waals surface area contributed by atoms with Gasteiger partial charge >= 0.3 is 0 Å². The molecule has 5 aliphatic rings. The molecular weight excluding hydrogens is 376 g/mol. The second-order valence-electron chi connectivity index (χ2n) is 14.7. The predicted molar refractivity (Wildman–Crippen MR) is 131 cm³/mol. The zero-order valence-corrected chi connectivity index (χ0v) is 21.7. The molecule has 0 aromatic heterocycles. The molecule has 5 rings (SSSR count). The molecule has 0 heterocycles. The molecule has 31 heavy (non-hydrogen) atoms. The smallest absolute Gasteiger partial charge is 0.0594 e. The molecule has 5 saturated carbocycles. The molecule has 0 amide bonds. The van der Waals surface area contributed by atoms with E-state index >= 15 is 0 Å². The molecule has 0 unspecified atom stereocenters. The Morgan fingerprint density at radius 3 is 2.13 bits per heavy atom. The molecule has 5 aliphatic carbocycles. The van der Waals surface area contributed by atoms with Crippen LogP contribution in [0.3, 0.4) is 0 Å². The fraction of sp³-hybridized carbons (Fsp3) is 0.933. The monoisotopic (exact) mass is 426 g/mol. The minimum atomic E-state index is -0.118. The van der Waals surface area contributed by atoms with Gasteiger partial charge in [-0.25, -0.2) is 0 Å². The van der Waals surface area contributed by atoms with Crippen LogP contribution in [-0.4, -0.2) is 11.2 Å². The SMILES string of the molecule is C=C(C)[C@@H]1CC[C@]2(C)CC[C@]3(C)[C@H](CC[C@@H]4[C@]5(C)CC[C@H](O)C(C)(C)[C@H]5CC[C@]43C)[C@@H]12. The molecule has 10 atom stereocenters. The van der Waals surface area contributed by atoms with Gasteiger partial charge in [0.25, 0.3) is 0 Å². The van der Waals surface area contributed by atoms with Gasteiger partial charge < -0.3 is 5.11 Å². The molecule has 0 aromatic carbocycles. The van der Waals surface area contributed by atoms with Crippen LogP contribution in [0.4, 0.5) is 0 Å². The lowest BCUT2D eigenvalue weighted by Crippen LogP contribution is -2.66. The molecule has 5 fully saturated rings. The van der Waals surface area contributed by atoms with E-state index in [2.05, 4.69) is 55.0 Å². The Kier molecular flexibility index (Phi) is 4.82. The summed E-state index contributed by atoms with van der Waals surface area (Å²) in [4.78, 5) is 0. The maximum absolute atomic E-state index is 10.9. The van der Waals surface area contributed by atoms with Gasteiger partial charge in [0, 0.05) is 0 Å². The van der Waals surface area contributed by atoms with Gasteiger partial charge in [-0.05, 0) is 128 Å². The van der Waals surface area contributed by atoms with Crippen LogP contribution < -0.4 is 0 Å². The summed E-state index contributed by atoms with van der Waals surface area (Å²) in [6.07, 6.45) is 13.4. The molecule has 176 valence electrons. The maximum Gasteiger partial charge on any atom is 0.0594 e. The maximum atomic E-state index is 10.9. The Bertz CT molecular complexity index is 766. The summed E-state index contributed by atoms with van der Waals surface area (Å²) in [7, 11) is 0. The average molecular weight is 427 g/mol. The van der Waals surface area contributed by atoms with E-state index in [0.29, 0.717) is 27.6 Å². The molecule has 1 N–H and O–H groups in total. The number of fused-ring (bicyclic) bond motifs is 7. The number of rotatable bonds is 1. The van der Waals surface area contributed by atoms with Gasteiger partial charge in [-0.3, -0.25) is 0 Å².